The molecule has 0 heterocycles. The van der Waals surface area contributed by atoms with Crippen molar-refractivity contribution in [3.05, 3.63) is 136 Å². The van der Waals surface area contributed by atoms with E-state index in [4.69, 9.17) is 18.9 Å². The van der Waals surface area contributed by atoms with E-state index in [9.17, 15) is 14.4 Å². The molecule has 4 aromatic carbocycles. The Morgan fingerprint density at radius 2 is 0.820 bits per heavy atom. The smallest absolute Gasteiger partial charge is 0.338 e. The molecule has 0 atom stereocenters. The summed E-state index contributed by atoms with van der Waals surface area (Å²) in [5.74, 6) is -1.11. The summed E-state index contributed by atoms with van der Waals surface area (Å²) in [5.41, 5.74) is 4.13. The van der Waals surface area contributed by atoms with Gasteiger partial charge in [-0.15, -0.1) is 0 Å². The maximum absolute atomic E-state index is 13.2. The number of ether oxygens (including phenoxy) is 4. The first-order valence-corrected chi connectivity index (χ1v) is 17.0. The molecule has 4 rings (SSSR count). The SMILES string of the molecule is Cc1ccc(C(=O)OCC(COC(=O)c2ccc(C)cc2)(COC(=O)c2ccc(C)cc2)COc2ccc(C(C)(C)CC(C)(C)C)cc2)cc1. The summed E-state index contributed by atoms with van der Waals surface area (Å²) in [5, 5.41) is 0. The molecule has 0 aliphatic heterocycles. The van der Waals surface area contributed by atoms with Crippen LogP contribution in [0.1, 0.15) is 94.4 Å². The fourth-order valence-electron chi connectivity index (χ4n) is 5.89. The average molecular weight is 679 g/mol. The van der Waals surface area contributed by atoms with E-state index in [1.165, 1.54) is 5.56 Å². The zero-order valence-electron chi connectivity index (χ0n) is 30.6. The Balaban J connectivity index is 1.62. The van der Waals surface area contributed by atoms with E-state index in [0.717, 1.165) is 23.1 Å². The lowest BCUT2D eigenvalue weighted by Crippen LogP contribution is -2.44. The summed E-state index contributed by atoms with van der Waals surface area (Å²) in [6.07, 6.45) is 0.994. The molecule has 7 nitrogen and oxygen atoms in total. The predicted molar refractivity (Wildman–Crippen MR) is 196 cm³/mol. The van der Waals surface area contributed by atoms with Crippen LogP contribution in [0.5, 0.6) is 5.75 Å². The topological polar surface area (TPSA) is 88.1 Å². The van der Waals surface area contributed by atoms with Crippen molar-refractivity contribution < 1.29 is 33.3 Å². The summed E-state index contributed by atoms with van der Waals surface area (Å²) >= 11 is 0. The van der Waals surface area contributed by atoms with Crippen molar-refractivity contribution in [2.45, 2.75) is 67.2 Å². The van der Waals surface area contributed by atoms with Gasteiger partial charge in [-0.2, -0.15) is 0 Å². The van der Waals surface area contributed by atoms with Gasteiger partial charge >= 0.3 is 17.9 Å². The molecule has 0 N–H and O–H groups in total. The number of rotatable bonds is 14. The summed E-state index contributed by atoms with van der Waals surface area (Å²) < 4.78 is 23.8. The Morgan fingerprint density at radius 1 is 0.480 bits per heavy atom. The molecule has 0 saturated heterocycles. The first-order chi connectivity index (χ1) is 23.5. The number of benzene rings is 4. The predicted octanol–water partition coefficient (Wildman–Crippen LogP) is 9.26. The molecule has 0 spiro atoms. The molecule has 264 valence electrons. The maximum atomic E-state index is 13.2. The van der Waals surface area contributed by atoms with Crippen molar-refractivity contribution in [3.63, 3.8) is 0 Å². The third-order valence-electron chi connectivity index (χ3n) is 8.54. The Morgan fingerprint density at radius 3 is 1.14 bits per heavy atom. The second-order valence-electron chi connectivity index (χ2n) is 15.3. The molecule has 0 aliphatic carbocycles. The monoisotopic (exact) mass is 678 g/mol. The maximum Gasteiger partial charge on any atom is 0.338 e. The molecule has 0 unspecified atom stereocenters. The molecular formula is C43H50O7. The molecule has 0 aromatic heterocycles. The van der Waals surface area contributed by atoms with Crippen molar-refractivity contribution in [3.8, 4) is 5.75 Å². The Bertz CT molecular complexity index is 1580. The van der Waals surface area contributed by atoms with Crippen LogP contribution in [-0.2, 0) is 19.6 Å². The minimum atomic E-state index is -1.26. The van der Waals surface area contributed by atoms with Gasteiger partial charge in [0, 0.05) is 0 Å². The standard InChI is InChI=1S/C43H50O7/c1-30-9-15-33(16-10-30)38(44)48-27-43(28-49-39(45)34-17-11-31(2)12-18-34,29-50-40(46)35-19-13-32(3)14-20-35)26-47-37-23-21-36(22-24-37)42(7,8)25-41(4,5)6/h9-24H,25-29H2,1-8H3. The van der Waals surface area contributed by atoms with Gasteiger partial charge in [0.25, 0.3) is 0 Å². The van der Waals surface area contributed by atoms with Gasteiger partial charge in [-0.25, -0.2) is 14.4 Å². The summed E-state index contributed by atoms with van der Waals surface area (Å²) in [6.45, 7) is 16.1. The average Bonchev–Trinajstić information content (AvgIpc) is 3.07. The lowest BCUT2D eigenvalue weighted by molar-refractivity contribution is -0.0543. The van der Waals surface area contributed by atoms with Crippen LogP contribution in [0.2, 0.25) is 0 Å². The fourth-order valence-corrected chi connectivity index (χ4v) is 5.89. The third-order valence-corrected chi connectivity index (χ3v) is 8.54. The first-order valence-electron chi connectivity index (χ1n) is 17.0. The molecule has 0 saturated carbocycles. The first kappa shape index (κ1) is 37.9. The Hall–Kier alpha value is -4.91. The van der Waals surface area contributed by atoms with Crippen LogP contribution in [0.15, 0.2) is 97.1 Å². The third kappa shape index (κ3) is 11.1. The molecule has 0 amide bonds. The molecule has 0 aliphatic rings. The van der Waals surface area contributed by atoms with Crippen molar-refractivity contribution in [1.29, 1.82) is 0 Å². The minimum Gasteiger partial charge on any atom is -0.493 e. The van der Waals surface area contributed by atoms with E-state index >= 15 is 0 Å². The van der Waals surface area contributed by atoms with Gasteiger partial charge < -0.3 is 18.9 Å². The van der Waals surface area contributed by atoms with Crippen LogP contribution < -0.4 is 4.74 Å². The number of hydrogen-bond acceptors (Lipinski definition) is 7. The van der Waals surface area contributed by atoms with Gasteiger partial charge in [0.1, 0.15) is 37.6 Å². The van der Waals surface area contributed by atoms with E-state index in [-0.39, 0.29) is 37.3 Å². The molecule has 7 heteroatoms. The fraction of sp³-hybridized carbons (Fsp3) is 0.372. The molecule has 0 radical (unpaired) electrons. The van der Waals surface area contributed by atoms with Crippen LogP contribution in [0.3, 0.4) is 0 Å². The van der Waals surface area contributed by atoms with Gasteiger partial charge in [0.2, 0.25) is 0 Å². The van der Waals surface area contributed by atoms with Crippen LogP contribution in [0.4, 0.5) is 0 Å². The number of esters is 3. The van der Waals surface area contributed by atoms with E-state index in [2.05, 4.69) is 46.8 Å². The van der Waals surface area contributed by atoms with Gasteiger partial charge in [-0.05, 0) is 92.1 Å². The van der Waals surface area contributed by atoms with E-state index in [1.807, 2.05) is 69.3 Å². The summed E-state index contributed by atoms with van der Waals surface area (Å²) in [7, 11) is 0. The summed E-state index contributed by atoms with van der Waals surface area (Å²) in [6, 6.07) is 29.0. The van der Waals surface area contributed by atoms with E-state index in [0.29, 0.717) is 22.4 Å². The van der Waals surface area contributed by atoms with Gasteiger partial charge in [-0.3, -0.25) is 0 Å². The van der Waals surface area contributed by atoms with Crippen LogP contribution in [0, 0.1) is 31.6 Å². The van der Waals surface area contributed by atoms with Crippen LogP contribution >= 0.6 is 0 Å². The molecule has 50 heavy (non-hydrogen) atoms. The van der Waals surface area contributed by atoms with Crippen molar-refractivity contribution in [1.82, 2.24) is 0 Å². The number of carbonyl (C=O) groups excluding carboxylic acids is 3. The number of carbonyl (C=O) groups is 3. The Kier molecular flexibility index (Phi) is 12.3. The van der Waals surface area contributed by atoms with Crippen LogP contribution in [0.25, 0.3) is 0 Å². The van der Waals surface area contributed by atoms with Crippen molar-refractivity contribution >= 4 is 17.9 Å². The van der Waals surface area contributed by atoms with E-state index in [1.54, 1.807) is 36.4 Å². The molecule has 0 bridgehead atoms. The highest BCUT2D eigenvalue weighted by molar-refractivity contribution is 5.90. The lowest BCUT2D eigenvalue weighted by Gasteiger charge is -2.33. The minimum absolute atomic E-state index is 0.0565. The molecule has 0 fully saturated rings. The highest BCUT2D eigenvalue weighted by Gasteiger charge is 2.38. The zero-order chi connectivity index (χ0) is 36.5. The van der Waals surface area contributed by atoms with Gasteiger partial charge in [0.05, 0.1) is 16.7 Å². The summed E-state index contributed by atoms with van der Waals surface area (Å²) in [4.78, 5) is 39.6. The highest BCUT2D eigenvalue weighted by atomic mass is 16.6. The van der Waals surface area contributed by atoms with Gasteiger partial charge in [0.15, 0.2) is 0 Å². The largest absolute Gasteiger partial charge is 0.493 e. The second-order valence-corrected chi connectivity index (χ2v) is 15.3. The lowest BCUT2D eigenvalue weighted by atomic mass is 9.72. The zero-order valence-corrected chi connectivity index (χ0v) is 30.6. The van der Waals surface area contributed by atoms with Crippen molar-refractivity contribution in [2.75, 3.05) is 26.4 Å². The second kappa shape index (κ2) is 16.2. The Labute approximate surface area is 296 Å². The van der Waals surface area contributed by atoms with Crippen molar-refractivity contribution in [2.24, 2.45) is 10.8 Å². The molecule has 4 aromatic rings. The van der Waals surface area contributed by atoms with Gasteiger partial charge in [-0.1, -0.05) is 99.8 Å². The van der Waals surface area contributed by atoms with Crippen LogP contribution in [-0.4, -0.2) is 44.3 Å². The quantitative estimate of drug-likeness (QED) is 0.0970. The highest BCUT2D eigenvalue weighted by Crippen LogP contribution is 2.37. The number of hydrogen-bond donors (Lipinski definition) is 0. The molecular weight excluding hydrogens is 628 g/mol. The number of aryl methyl sites for hydroxylation is 3. The van der Waals surface area contributed by atoms with E-state index < -0.39 is 23.3 Å². The normalized spacial score (nSPS) is 11.8.